The average Bonchev–Trinajstić information content (AvgIpc) is 2.54. The summed E-state index contributed by atoms with van der Waals surface area (Å²) in [6.07, 6.45) is 0. The Kier molecular flexibility index (Phi) is 5.57. The zero-order valence-electron chi connectivity index (χ0n) is 13.8. The van der Waals surface area contributed by atoms with Crippen LogP contribution in [0.15, 0.2) is 59.5 Å². The van der Waals surface area contributed by atoms with Gasteiger partial charge in [-0.05, 0) is 36.4 Å². The molecule has 0 bridgehead atoms. The fraction of sp³-hybridized carbons (Fsp3) is 0.294. The van der Waals surface area contributed by atoms with Crippen molar-refractivity contribution in [2.45, 2.75) is 10.1 Å². The van der Waals surface area contributed by atoms with E-state index in [1.807, 2.05) is 6.07 Å². The first-order valence-corrected chi connectivity index (χ1v) is 11.5. The third-order valence-electron chi connectivity index (χ3n) is 4.14. The van der Waals surface area contributed by atoms with Gasteiger partial charge < -0.3 is 4.74 Å². The van der Waals surface area contributed by atoms with E-state index >= 15 is 0 Å². The number of hydrogen-bond donors (Lipinski definition) is 0. The van der Waals surface area contributed by atoms with Gasteiger partial charge in [0.2, 0.25) is 10.0 Å². The minimum Gasteiger partial charge on any atom is -0.492 e. The van der Waals surface area contributed by atoms with Gasteiger partial charge in [-0.3, -0.25) is 0 Å². The van der Waals surface area contributed by atoms with E-state index in [1.54, 1.807) is 24.3 Å². The van der Waals surface area contributed by atoms with Gasteiger partial charge in [0.25, 0.3) is 0 Å². The highest BCUT2D eigenvalue weighted by Crippen LogP contribution is 2.26. The quantitative estimate of drug-likeness (QED) is 0.692. The van der Waals surface area contributed by atoms with Gasteiger partial charge in [-0.1, -0.05) is 29.8 Å². The van der Waals surface area contributed by atoms with Gasteiger partial charge in [0.15, 0.2) is 9.84 Å². The van der Waals surface area contributed by atoms with Crippen LogP contribution in [0.4, 0.5) is 0 Å². The Balaban J connectivity index is 1.55. The second-order valence-corrected chi connectivity index (χ2v) is 10.7. The molecule has 0 aromatic heterocycles. The fourth-order valence-corrected chi connectivity index (χ4v) is 5.89. The first-order valence-electron chi connectivity index (χ1n) is 7.94. The molecule has 0 aliphatic carbocycles. The van der Waals surface area contributed by atoms with Gasteiger partial charge in [0, 0.05) is 18.1 Å². The molecule has 1 heterocycles. The van der Waals surface area contributed by atoms with Gasteiger partial charge in [-0.25, -0.2) is 16.8 Å². The first-order chi connectivity index (χ1) is 12.3. The summed E-state index contributed by atoms with van der Waals surface area (Å²) in [6, 6.07) is 14.8. The minimum atomic E-state index is -3.57. The Hall–Kier alpha value is -1.61. The van der Waals surface area contributed by atoms with E-state index in [9.17, 15) is 16.8 Å². The normalized spacial score (nSPS) is 16.2. The molecule has 1 aliphatic rings. The molecule has 0 amide bonds. The van der Waals surface area contributed by atoms with Crippen molar-refractivity contribution in [3.05, 3.63) is 59.6 Å². The molecule has 2 aromatic carbocycles. The van der Waals surface area contributed by atoms with Crippen LogP contribution in [0.5, 0.6) is 5.75 Å². The summed E-state index contributed by atoms with van der Waals surface area (Å²) in [6.45, 7) is -0.0747. The van der Waals surface area contributed by atoms with Gasteiger partial charge in [-0.2, -0.15) is 4.31 Å². The molecule has 1 aliphatic heterocycles. The molecule has 0 spiro atoms. The molecule has 6 nitrogen and oxygen atoms in total. The number of ether oxygens (including phenoxy) is 1. The number of para-hydroxylation sites is 1. The summed E-state index contributed by atoms with van der Waals surface area (Å²) in [7, 11) is -7.12. The smallest absolute Gasteiger partial charge is 0.217 e. The van der Waals surface area contributed by atoms with Crippen LogP contribution in [0.25, 0.3) is 0 Å². The predicted molar refractivity (Wildman–Crippen MR) is 99.7 cm³/mol. The highest BCUT2D eigenvalue weighted by atomic mass is 35.5. The molecule has 1 saturated heterocycles. The summed E-state index contributed by atoms with van der Waals surface area (Å²) in [5.74, 6) is 0.393. The molecule has 9 heteroatoms. The lowest BCUT2D eigenvalue weighted by Crippen LogP contribution is -2.57. The lowest BCUT2D eigenvalue weighted by Gasteiger charge is -2.37. The van der Waals surface area contributed by atoms with Crippen LogP contribution < -0.4 is 4.74 Å². The number of nitrogens with zero attached hydrogens (tertiary/aromatic N) is 1. The maximum Gasteiger partial charge on any atom is 0.217 e. The Bertz CT molecular complexity index is 954. The molecule has 1 fully saturated rings. The van der Waals surface area contributed by atoms with Crippen LogP contribution in [0.3, 0.4) is 0 Å². The van der Waals surface area contributed by atoms with E-state index in [0.717, 1.165) is 0 Å². The van der Waals surface area contributed by atoms with Crippen LogP contribution in [-0.4, -0.2) is 51.8 Å². The van der Waals surface area contributed by atoms with E-state index in [2.05, 4.69) is 0 Å². The van der Waals surface area contributed by atoms with Crippen molar-refractivity contribution in [1.29, 1.82) is 0 Å². The Morgan fingerprint density at radius 1 is 0.962 bits per heavy atom. The summed E-state index contributed by atoms with van der Waals surface area (Å²) < 4.78 is 56.2. The molecule has 2 aromatic rings. The number of rotatable bonds is 7. The van der Waals surface area contributed by atoms with E-state index in [0.29, 0.717) is 10.8 Å². The highest BCUT2D eigenvalue weighted by molar-refractivity contribution is 7.92. The van der Waals surface area contributed by atoms with Crippen LogP contribution in [0.1, 0.15) is 0 Å². The van der Waals surface area contributed by atoms with Crippen molar-refractivity contribution >= 4 is 31.5 Å². The topological polar surface area (TPSA) is 80.8 Å². The van der Waals surface area contributed by atoms with Crippen LogP contribution >= 0.6 is 11.6 Å². The molecule has 140 valence electrons. The Morgan fingerprint density at radius 2 is 1.58 bits per heavy atom. The van der Waals surface area contributed by atoms with Crippen molar-refractivity contribution in [3.8, 4) is 5.75 Å². The number of sulfone groups is 1. The van der Waals surface area contributed by atoms with Gasteiger partial charge in [-0.15, -0.1) is 0 Å². The van der Waals surface area contributed by atoms with Gasteiger partial charge in [0.05, 0.1) is 15.9 Å². The molecule has 0 N–H and O–H groups in total. The van der Waals surface area contributed by atoms with E-state index in [1.165, 1.54) is 28.6 Å². The molecule has 26 heavy (non-hydrogen) atoms. The molecule has 0 unspecified atom stereocenters. The van der Waals surface area contributed by atoms with Crippen molar-refractivity contribution in [3.63, 3.8) is 0 Å². The third kappa shape index (κ3) is 4.20. The van der Waals surface area contributed by atoms with E-state index in [-0.39, 0.29) is 30.3 Å². The molecule has 0 atom stereocenters. The largest absolute Gasteiger partial charge is 0.492 e. The van der Waals surface area contributed by atoms with E-state index in [4.69, 9.17) is 16.3 Å². The van der Waals surface area contributed by atoms with Crippen LogP contribution in [0.2, 0.25) is 5.02 Å². The molecule has 0 radical (unpaired) electrons. The standard InChI is InChI=1S/C17H18ClNO5S2/c18-14-6-8-16(9-7-14)26(22,23)17-12-19(13-17)25(20,21)11-10-24-15-4-2-1-3-5-15/h1-9,17H,10-13H2. The van der Waals surface area contributed by atoms with Gasteiger partial charge >= 0.3 is 0 Å². The second-order valence-electron chi connectivity index (χ2n) is 5.92. The number of halogens is 1. The second kappa shape index (κ2) is 7.56. The first kappa shape index (κ1) is 19.2. The summed E-state index contributed by atoms with van der Waals surface area (Å²) >= 11 is 5.77. The fourth-order valence-electron chi connectivity index (χ4n) is 2.55. The van der Waals surface area contributed by atoms with Crippen molar-refractivity contribution in [1.82, 2.24) is 4.31 Å². The summed E-state index contributed by atoms with van der Waals surface area (Å²) in [5, 5.41) is -0.298. The van der Waals surface area contributed by atoms with E-state index < -0.39 is 25.1 Å². The third-order valence-corrected chi connectivity index (χ3v) is 8.27. The highest BCUT2D eigenvalue weighted by Gasteiger charge is 2.43. The Morgan fingerprint density at radius 3 is 2.19 bits per heavy atom. The lowest BCUT2D eigenvalue weighted by atomic mass is 10.3. The SMILES string of the molecule is O=S(=O)(c1ccc(Cl)cc1)C1CN(S(=O)(=O)CCOc2ccccc2)C1. The van der Waals surface area contributed by atoms with Crippen molar-refractivity contribution < 1.29 is 21.6 Å². The zero-order chi connectivity index (χ0) is 18.8. The molecular formula is C17H18ClNO5S2. The zero-order valence-corrected chi connectivity index (χ0v) is 16.2. The maximum absolute atomic E-state index is 12.5. The Labute approximate surface area is 158 Å². The van der Waals surface area contributed by atoms with Crippen molar-refractivity contribution in [2.75, 3.05) is 25.4 Å². The molecule has 0 saturated carbocycles. The average molecular weight is 416 g/mol. The van der Waals surface area contributed by atoms with Crippen LogP contribution in [-0.2, 0) is 19.9 Å². The number of hydrogen-bond acceptors (Lipinski definition) is 5. The monoisotopic (exact) mass is 415 g/mol. The lowest BCUT2D eigenvalue weighted by molar-refractivity contribution is 0.298. The summed E-state index contributed by atoms with van der Waals surface area (Å²) in [5.41, 5.74) is 0. The number of sulfonamides is 1. The molecule has 3 rings (SSSR count). The summed E-state index contributed by atoms with van der Waals surface area (Å²) in [4.78, 5) is 0.149. The molecular weight excluding hydrogens is 398 g/mol. The maximum atomic E-state index is 12.5. The van der Waals surface area contributed by atoms with Crippen LogP contribution in [0, 0.1) is 0 Å². The number of benzene rings is 2. The van der Waals surface area contributed by atoms with Gasteiger partial charge in [0.1, 0.15) is 12.4 Å². The van der Waals surface area contributed by atoms with Crippen molar-refractivity contribution in [2.24, 2.45) is 0 Å². The minimum absolute atomic E-state index is 0.0114. The predicted octanol–water partition coefficient (Wildman–Crippen LogP) is 2.21.